The van der Waals surface area contributed by atoms with Gasteiger partial charge in [0.2, 0.25) is 0 Å². The molecule has 0 aliphatic rings. The van der Waals surface area contributed by atoms with Gasteiger partial charge in [-0.3, -0.25) is 20.4 Å². The number of carbonyl (C=O) groups excluding carboxylic acids is 2. The van der Waals surface area contributed by atoms with Crippen molar-refractivity contribution in [3.63, 3.8) is 0 Å². The van der Waals surface area contributed by atoms with Gasteiger partial charge in [-0.1, -0.05) is 30.3 Å². The molecule has 0 saturated heterocycles. The third kappa shape index (κ3) is 6.27. The van der Waals surface area contributed by atoms with Crippen LogP contribution in [0.5, 0.6) is 17.2 Å². The average molecular weight is 406 g/mol. The number of rotatable bonds is 8. The van der Waals surface area contributed by atoms with Crippen LogP contribution in [0.15, 0.2) is 78.9 Å². The number of hydrogen-bond donors (Lipinski definition) is 2. The molecule has 0 aromatic heterocycles. The zero-order valence-electron chi connectivity index (χ0n) is 16.5. The van der Waals surface area contributed by atoms with E-state index in [4.69, 9.17) is 14.2 Å². The zero-order chi connectivity index (χ0) is 21.2. The average Bonchev–Trinajstić information content (AvgIpc) is 2.81. The standard InChI is InChI=1S/C23H22N2O5/c1-28-19-11-13-21(14-12-19)30-16-22(26)24-25-23(27)18-7-9-20(10-8-18)29-15-17-5-3-2-4-6-17/h2-14H,15-16H2,1H3,(H,24,26)(H,25,27). The highest BCUT2D eigenvalue weighted by Gasteiger charge is 2.08. The molecule has 30 heavy (non-hydrogen) atoms. The highest BCUT2D eigenvalue weighted by atomic mass is 16.5. The molecule has 3 aromatic carbocycles. The van der Waals surface area contributed by atoms with E-state index in [1.54, 1.807) is 55.6 Å². The molecule has 154 valence electrons. The first-order valence-corrected chi connectivity index (χ1v) is 9.27. The minimum absolute atomic E-state index is 0.237. The minimum Gasteiger partial charge on any atom is -0.497 e. The van der Waals surface area contributed by atoms with Crippen molar-refractivity contribution < 1.29 is 23.8 Å². The van der Waals surface area contributed by atoms with Crippen LogP contribution in [-0.2, 0) is 11.4 Å². The monoisotopic (exact) mass is 406 g/mol. The van der Waals surface area contributed by atoms with Crippen LogP contribution in [-0.4, -0.2) is 25.5 Å². The van der Waals surface area contributed by atoms with Gasteiger partial charge < -0.3 is 14.2 Å². The summed E-state index contributed by atoms with van der Waals surface area (Å²) < 4.78 is 16.1. The summed E-state index contributed by atoms with van der Waals surface area (Å²) in [5.74, 6) is 0.927. The Kier molecular flexibility index (Phi) is 7.27. The number of amides is 2. The van der Waals surface area contributed by atoms with Crippen LogP contribution in [0, 0.1) is 0 Å². The van der Waals surface area contributed by atoms with E-state index in [0.717, 1.165) is 5.56 Å². The molecular formula is C23H22N2O5. The normalized spacial score (nSPS) is 10.0. The zero-order valence-corrected chi connectivity index (χ0v) is 16.5. The van der Waals surface area contributed by atoms with Gasteiger partial charge in [0.15, 0.2) is 6.61 Å². The number of ether oxygens (including phenoxy) is 3. The second-order valence-corrected chi connectivity index (χ2v) is 6.27. The number of carbonyl (C=O) groups is 2. The lowest BCUT2D eigenvalue weighted by Gasteiger charge is -2.10. The molecule has 3 aromatic rings. The molecule has 2 amide bonds. The van der Waals surface area contributed by atoms with Crippen molar-refractivity contribution in [2.45, 2.75) is 6.61 Å². The van der Waals surface area contributed by atoms with Crippen molar-refractivity contribution in [1.29, 1.82) is 0 Å². The van der Waals surface area contributed by atoms with Crippen LogP contribution in [0.1, 0.15) is 15.9 Å². The van der Waals surface area contributed by atoms with E-state index < -0.39 is 11.8 Å². The van der Waals surface area contributed by atoms with Crippen molar-refractivity contribution in [3.8, 4) is 17.2 Å². The predicted molar refractivity (Wildman–Crippen MR) is 111 cm³/mol. The molecule has 0 radical (unpaired) electrons. The van der Waals surface area contributed by atoms with E-state index >= 15 is 0 Å². The molecule has 3 rings (SSSR count). The summed E-state index contributed by atoms with van der Waals surface area (Å²) in [6, 6.07) is 23.3. The van der Waals surface area contributed by atoms with E-state index in [2.05, 4.69) is 10.9 Å². The highest BCUT2D eigenvalue weighted by molar-refractivity contribution is 5.95. The number of benzene rings is 3. The first kappa shape index (κ1) is 20.7. The minimum atomic E-state index is -0.484. The van der Waals surface area contributed by atoms with Crippen molar-refractivity contribution in [2.24, 2.45) is 0 Å². The maximum Gasteiger partial charge on any atom is 0.276 e. The largest absolute Gasteiger partial charge is 0.497 e. The molecule has 0 bridgehead atoms. The van der Waals surface area contributed by atoms with E-state index in [-0.39, 0.29) is 6.61 Å². The third-order valence-electron chi connectivity index (χ3n) is 4.11. The van der Waals surface area contributed by atoms with E-state index in [9.17, 15) is 9.59 Å². The Morgan fingerprint density at radius 3 is 2.00 bits per heavy atom. The number of nitrogens with one attached hydrogen (secondary N) is 2. The number of hydrogen-bond acceptors (Lipinski definition) is 5. The fourth-order valence-electron chi connectivity index (χ4n) is 2.50. The predicted octanol–water partition coefficient (Wildman–Crippen LogP) is 3.11. The molecule has 0 spiro atoms. The van der Waals surface area contributed by atoms with E-state index in [0.29, 0.717) is 29.4 Å². The van der Waals surface area contributed by atoms with Crippen LogP contribution < -0.4 is 25.1 Å². The lowest BCUT2D eigenvalue weighted by molar-refractivity contribution is -0.123. The Balaban J connectivity index is 1.40. The molecule has 7 heteroatoms. The Morgan fingerprint density at radius 2 is 1.33 bits per heavy atom. The van der Waals surface area contributed by atoms with Crippen LogP contribution in [0.25, 0.3) is 0 Å². The summed E-state index contributed by atoms with van der Waals surface area (Å²) in [4.78, 5) is 24.0. The molecular weight excluding hydrogens is 384 g/mol. The van der Waals surface area contributed by atoms with E-state index in [1.165, 1.54) is 0 Å². The maximum atomic E-state index is 12.2. The molecule has 7 nitrogen and oxygen atoms in total. The second-order valence-electron chi connectivity index (χ2n) is 6.27. The molecule has 0 unspecified atom stereocenters. The Bertz CT molecular complexity index is 957. The van der Waals surface area contributed by atoms with Crippen molar-refractivity contribution in [3.05, 3.63) is 90.0 Å². The van der Waals surface area contributed by atoms with Crippen molar-refractivity contribution >= 4 is 11.8 Å². The molecule has 0 aliphatic heterocycles. The summed E-state index contributed by atoms with van der Waals surface area (Å²) in [5.41, 5.74) is 6.11. The lowest BCUT2D eigenvalue weighted by atomic mass is 10.2. The summed E-state index contributed by atoms with van der Waals surface area (Å²) >= 11 is 0. The molecule has 0 aliphatic carbocycles. The van der Waals surface area contributed by atoms with Gasteiger partial charge in [-0.2, -0.15) is 0 Å². The van der Waals surface area contributed by atoms with Gasteiger partial charge in [-0.15, -0.1) is 0 Å². The van der Waals surface area contributed by atoms with Crippen LogP contribution in [0.3, 0.4) is 0 Å². The van der Waals surface area contributed by atoms with Crippen LogP contribution in [0.2, 0.25) is 0 Å². The molecule has 0 saturated carbocycles. The number of methoxy groups -OCH3 is 1. The Labute approximate surface area is 174 Å². The molecule has 0 fully saturated rings. The fraction of sp³-hybridized carbons (Fsp3) is 0.130. The first-order chi connectivity index (χ1) is 14.6. The summed E-state index contributed by atoms with van der Waals surface area (Å²) in [5, 5.41) is 0. The summed E-state index contributed by atoms with van der Waals surface area (Å²) in [6.07, 6.45) is 0. The van der Waals surface area contributed by atoms with Gasteiger partial charge in [0.25, 0.3) is 11.8 Å². The van der Waals surface area contributed by atoms with E-state index in [1.807, 2.05) is 30.3 Å². The second kappa shape index (κ2) is 10.5. The smallest absolute Gasteiger partial charge is 0.276 e. The highest BCUT2D eigenvalue weighted by Crippen LogP contribution is 2.17. The first-order valence-electron chi connectivity index (χ1n) is 9.27. The van der Waals surface area contributed by atoms with Crippen LogP contribution >= 0.6 is 0 Å². The Morgan fingerprint density at radius 1 is 0.733 bits per heavy atom. The quantitative estimate of drug-likeness (QED) is 0.562. The maximum absolute atomic E-state index is 12.2. The summed E-state index contributed by atoms with van der Waals surface area (Å²) in [7, 11) is 1.57. The van der Waals surface area contributed by atoms with Gasteiger partial charge in [-0.05, 0) is 54.1 Å². The molecule has 0 heterocycles. The van der Waals surface area contributed by atoms with Crippen LogP contribution in [0.4, 0.5) is 0 Å². The summed E-state index contributed by atoms with van der Waals surface area (Å²) in [6.45, 7) is 0.204. The topological polar surface area (TPSA) is 85.9 Å². The van der Waals surface area contributed by atoms with Gasteiger partial charge >= 0.3 is 0 Å². The fourth-order valence-corrected chi connectivity index (χ4v) is 2.50. The number of hydrazine groups is 1. The van der Waals surface area contributed by atoms with Gasteiger partial charge in [0.1, 0.15) is 23.9 Å². The van der Waals surface area contributed by atoms with Gasteiger partial charge in [0, 0.05) is 5.56 Å². The SMILES string of the molecule is COc1ccc(OCC(=O)NNC(=O)c2ccc(OCc3ccccc3)cc2)cc1. The molecule has 0 atom stereocenters. The van der Waals surface area contributed by atoms with Gasteiger partial charge in [-0.25, -0.2) is 0 Å². The van der Waals surface area contributed by atoms with Crippen molar-refractivity contribution in [2.75, 3.05) is 13.7 Å². The lowest BCUT2D eigenvalue weighted by Crippen LogP contribution is -2.43. The Hall–Kier alpha value is -4.00. The van der Waals surface area contributed by atoms with Crippen molar-refractivity contribution in [1.82, 2.24) is 10.9 Å². The molecule has 2 N–H and O–H groups in total. The van der Waals surface area contributed by atoms with Gasteiger partial charge in [0.05, 0.1) is 7.11 Å². The third-order valence-corrected chi connectivity index (χ3v) is 4.11.